The van der Waals surface area contributed by atoms with Crippen LogP contribution in [0, 0.1) is 6.92 Å². The molecule has 3 aromatic carbocycles. The van der Waals surface area contributed by atoms with E-state index in [1.807, 2.05) is 80.6 Å². The van der Waals surface area contributed by atoms with Crippen LogP contribution in [-0.4, -0.2) is 16.2 Å². The average Bonchev–Trinajstić information content (AvgIpc) is 3.30. The van der Waals surface area contributed by atoms with Crippen LogP contribution in [0.4, 0.5) is 10.5 Å². The number of benzene rings is 3. The molecule has 2 amide bonds. The molecule has 164 valence electrons. The molecule has 1 atom stereocenters. The maximum Gasteiger partial charge on any atom is 0.326 e. The summed E-state index contributed by atoms with van der Waals surface area (Å²) < 4.78 is 5.74. The zero-order chi connectivity index (χ0) is 22.9. The lowest BCUT2D eigenvalue weighted by atomic mass is 9.94. The standard InChI is InChI=1S/C26H21ClN4O2/c1-16-7-6-8-19(15-16)24-29-25(33-30-24)22-17(2)31(21-9-4-3-5-10-21)26(32)28-23(22)18-11-13-20(27)14-12-18/h3-15,23H,1-2H3,(H,28,32). The van der Waals surface area contributed by atoms with Crippen LogP contribution >= 0.6 is 11.6 Å². The van der Waals surface area contributed by atoms with E-state index in [0.29, 0.717) is 22.4 Å². The van der Waals surface area contributed by atoms with Crippen LogP contribution in [0.1, 0.15) is 30.0 Å². The monoisotopic (exact) mass is 456 g/mol. The van der Waals surface area contributed by atoms with Gasteiger partial charge in [-0.3, -0.25) is 4.90 Å². The minimum Gasteiger partial charge on any atom is -0.334 e. The molecule has 1 aromatic heterocycles. The van der Waals surface area contributed by atoms with Crippen molar-refractivity contribution in [1.29, 1.82) is 0 Å². The van der Waals surface area contributed by atoms with Crippen LogP contribution in [-0.2, 0) is 0 Å². The average molecular weight is 457 g/mol. The van der Waals surface area contributed by atoms with E-state index in [1.165, 1.54) is 0 Å². The van der Waals surface area contributed by atoms with Gasteiger partial charge in [-0.1, -0.05) is 70.9 Å². The van der Waals surface area contributed by atoms with E-state index in [1.54, 1.807) is 17.0 Å². The number of nitrogens with one attached hydrogen (secondary N) is 1. The maximum absolute atomic E-state index is 13.2. The summed E-state index contributed by atoms with van der Waals surface area (Å²) in [5, 5.41) is 7.94. The molecule has 0 bridgehead atoms. The third kappa shape index (κ3) is 4.01. The van der Waals surface area contributed by atoms with Crippen LogP contribution in [0.2, 0.25) is 5.02 Å². The Balaban J connectivity index is 1.65. The summed E-state index contributed by atoms with van der Waals surface area (Å²) >= 11 is 6.10. The number of urea groups is 1. The molecule has 1 N–H and O–H groups in total. The molecule has 33 heavy (non-hydrogen) atoms. The van der Waals surface area contributed by atoms with Gasteiger partial charge in [-0.2, -0.15) is 4.98 Å². The predicted octanol–water partition coefficient (Wildman–Crippen LogP) is 6.40. The zero-order valence-electron chi connectivity index (χ0n) is 18.1. The number of allylic oxidation sites excluding steroid dienone is 1. The third-order valence-electron chi connectivity index (χ3n) is 5.64. The van der Waals surface area contributed by atoms with Crippen LogP contribution < -0.4 is 10.2 Å². The zero-order valence-corrected chi connectivity index (χ0v) is 18.9. The molecular weight excluding hydrogens is 436 g/mol. The number of hydrogen-bond acceptors (Lipinski definition) is 4. The topological polar surface area (TPSA) is 71.3 Å². The molecule has 2 heterocycles. The van der Waals surface area contributed by atoms with E-state index in [0.717, 1.165) is 28.0 Å². The summed E-state index contributed by atoms with van der Waals surface area (Å²) in [6.07, 6.45) is 0. The van der Waals surface area contributed by atoms with E-state index >= 15 is 0 Å². The molecule has 4 aromatic rings. The Morgan fingerprint density at radius 2 is 1.73 bits per heavy atom. The summed E-state index contributed by atoms with van der Waals surface area (Å²) in [7, 11) is 0. The highest BCUT2D eigenvalue weighted by molar-refractivity contribution is 6.30. The van der Waals surface area contributed by atoms with Gasteiger partial charge >= 0.3 is 6.03 Å². The van der Waals surface area contributed by atoms with Gasteiger partial charge in [0.2, 0.25) is 5.82 Å². The largest absolute Gasteiger partial charge is 0.334 e. The molecule has 0 radical (unpaired) electrons. The Morgan fingerprint density at radius 1 is 0.970 bits per heavy atom. The minimum absolute atomic E-state index is 0.235. The summed E-state index contributed by atoms with van der Waals surface area (Å²) in [5.74, 6) is 0.844. The lowest BCUT2D eigenvalue weighted by Gasteiger charge is -2.35. The van der Waals surface area contributed by atoms with Crippen LogP contribution in [0.15, 0.2) is 89.1 Å². The number of para-hydroxylation sites is 1. The van der Waals surface area contributed by atoms with Gasteiger partial charge in [-0.15, -0.1) is 0 Å². The summed E-state index contributed by atoms with van der Waals surface area (Å²) in [6, 6.07) is 24.0. The van der Waals surface area contributed by atoms with Crippen molar-refractivity contribution in [1.82, 2.24) is 15.5 Å². The smallest absolute Gasteiger partial charge is 0.326 e. The molecule has 0 saturated carbocycles. The fourth-order valence-corrected chi connectivity index (χ4v) is 4.17. The van der Waals surface area contributed by atoms with Crippen molar-refractivity contribution >= 4 is 28.9 Å². The van der Waals surface area contributed by atoms with Crippen molar-refractivity contribution in [3.63, 3.8) is 0 Å². The van der Waals surface area contributed by atoms with Crippen LogP contribution in [0.5, 0.6) is 0 Å². The normalized spacial score (nSPS) is 16.2. The van der Waals surface area contributed by atoms with Crippen molar-refractivity contribution in [2.75, 3.05) is 4.90 Å². The SMILES string of the molecule is CC1=C(c2nc(-c3cccc(C)c3)no2)C(c2ccc(Cl)cc2)NC(=O)N1c1ccccc1. The molecule has 6 nitrogen and oxygen atoms in total. The van der Waals surface area contributed by atoms with Gasteiger partial charge in [0.25, 0.3) is 5.89 Å². The van der Waals surface area contributed by atoms with Crippen LogP contribution in [0.25, 0.3) is 17.0 Å². The molecule has 0 aliphatic carbocycles. The van der Waals surface area contributed by atoms with Gasteiger partial charge < -0.3 is 9.84 Å². The van der Waals surface area contributed by atoms with E-state index < -0.39 is 6.04 Å². The van der Waals surface area contributed by atoms with Crippen molar-refractivity contribution in [2.24, 2.45) is 0 Å². The first-order valence-corrected chi connectivity index (χ1v) is 10.9. The van der Waals surface area contributed by atoms with Gasteiger partial charge in [0, 0.05) is 16.3 Å². The fraction of sp³-hybridized carbons (Fsp3) is 0.115. The molecule has 0 saturated heterocycles. The number of hydrogen-bond donors (Lipinski definition) is 1. The second-order valence-corrected chi connectivity index (χ2v) is 8.33. The third-order valence-corrected chi connectivity index (χ3v) is 5.89. The highest BCUT2D eigenvalue weighted by Crippen LogP contribution is 2.39. The van der Waals surface area contributed by atoms with Crippen molar-refractivity contribution < 1.29 is 9.32 Å². The fourth-order valence-electron chi connectivity index (χ4n) is 4.05. The number of aryl methyl sites for hydroxylation is 1. The van der Waals surface area contributed by atoms with Gasteiger partial charge in [0.15, 0.2) is 0 Å². The van der Waals surface area contributed by atoms with E-state index in [9.17, 15) is 4.79 Å². The maximum atomic E-state index is 13.2. The second-order valence-electron chi connectivity index (χ2n) is 7.90. The number of anilines is 1. The summed E-state index contributed by atoms with van der Waals surface area (Å²) in [4.78, 5) is 19.5. The first-order chi connectivity index (χ1) is 16.0. The van der Waals surface area contributed by atoms with Gasteiger partial charge in [-0.05, 0) is 49.7 Å². The highest BCUT2D eigenvalue weighted by atomic mass is 35.5. The number of amides is 2. The molecule has 1 aliphatic rings. The number of rotatable bonds is 4. The van der Waals surface area contributed by atoms with E-state index in [-0.39, 0.29) is 6.03 Å². The summed E-state index contributed by atoms with van der Waals surface area (Å²) in [6.45, 7) is 3.91. The van der Waals surface area contributed by atoms with Crippen molar-refractivity contribution in [3.05, 3.63) is 107 Å². The first kappa shape index (κ1) is 21.0. The molecule has 1 aliphatic heterocycles. The van der Waals surface area contributed by atoms with Crippen molar-refractivity contribution in [2.45, 2.75) is 19.9 Å². The number of nitrogens with zero attached hydrogens (tertiary/aromatic N) is 3. The molecule has 0 spiro atoms. The van der Waals surface area contributed by atoms with Gasteiger partial charge in [-0.25, -0.2) is 4.79 Å². The molecule has 7 heteroatoms. The predicted molar refractivity (Wildman–Crippen MR) is 129 cm³/mol. The number of aromatic nitrogens is 2. The molecular formula is C26H21ClN4O2. The molecule has 0 fully saturated rings. The summed E-state index contributed by atoms with van der Waals surface area (Å²) in [5.41, 5.74) is 5.03. The Hall–Kier alpha value is -3.90. The Kier molecular flexibility index (Phi) is 5.44. The number of halogens is 1. The second kappa shape index (κ2) is 8.56. The lowest BCUT2D eigenvalue weighted by Crippen LogP contribution is -2.46. The Labute approximate surface area is 196 Å². The lowest BCUT2D eigenvalue weighted by molar-refractivity contribution is 0.244. The number of carbonyl (C=O) groups is 1. The first-order valence-electron chi connectivity index (χ1n) is 10.5. The van der Waals surface area contributed by atoms with Gasteiger partial charge in [0.1, 0.15) is 0 Å². The minimum atomic E-state index is -0.472. The highest BCUT2D eigenvalue weighted by Gasteiger charge is 2.36. The number of carbonyl (C=O) groups excluding carboxylic acids is 1. The Morgan fingerprint density at radius 3 is 2.45 bits per heavy atom. The quantitative estimate of drug-likeness (QED) is 0.385. The Bertz CT molecular complexity index is 1350. The van der Waals surface area contributed by atoms with Crippen molar-refractivity contribution in [3.8, 4) is 11.4 Å². The van der Waals surface area contributed by atoms with E-state index in [2.05, 4.69) is 10.5 Å². The molecule has 1 unspecified atom stereocenters. The van der Waals surface area contributed by atoms with Crippen LogP contribution in [0.3, 0.4) is 0 Å². The molecule has 5 rings (SSSR count). The van der Waals surface area contributed by atoms with E-state index in [4.69, 9.17) is 21.1 Å². The van der Waals surface area contributed by atoms with Gasteiger partial charge in [0.05, 0.1) is 17.3 Å².